The van der Waals surface area contributed by atoms with Crippen LogP contribution in [0.1, 0.15) is 0 Å². The summed E-state index contributed by atoms with van der Waals surface area (Å²) < 4.78 is 15.2. The molecule has 246 valence electrons. The summed E-state index contributed by atoms with van der Waals surface area (Å²) in [6.45, 7) is 0. The highest BCUT2D eigenvalue weighted by Crippen LogP contribution is 2.41. The van der Waals surface area contributed by atoms with Crippen LogP contribution in [-0.2, 0) is 0 Å². The summed E-state index contributed by atoms with van der Waals surface area (Å²) in [6, 6.07) is 53.8. The van der Waals surface area contributed by atoms with Crippen LogP contribution in [0.15, 0.2) is 167 Å². The number of furan rings is 2. The fourth-order valence-electron chi connectivity index (χ4n) is 7.57. The predicted molar refractivity (Wildman–Crippen MR) is 216 cm³/mol. The van der Waals surface area contributed by atoms with Gasteiger partial charge in [-0.3, -0.25) is 4.57 Å². The van der Waals surface area contributed by atoms with Gasteiger partial charge < -0.3 is 8.83 Å². The first-order chi connectivity index (χ1) is 25.3. The van der Waals surface area contributed by atoms with Crippen LogP contribution in [0.4, 0.5) is 0 Å². The van der Waals surface area contributed by atoms with E-state index in [1.807, 2.05) is 78.9 Å². The molecule has 4 heterocycles. The van der Waals surface area contributed by atoms with Gasteiger partial charge in [0.15, 0.2) is 17.2 Å². The molecule has 0 saturated carbocycles. The zero-order valence-electron chi connectivity index (χ0n) is 27.1. The monoisotopic (exact) mass is 669 g/mol. The van der Waals surface area contributed by atoms with E-state index in [2.05, 4.69) is 83.4 Å². The topological polar surface area (TPSA) is 69.9 Å². The van der Waals surface area contributed by atoms with Gasteiger partial charge in [-0.05, 0) is 47.5 Å². The molecule has 0 N–H and O–H groups in total. The molecule has 52 heavy (non-hydrogen) atoms. The number of nitrogens with zero attached hydrogens (tertiary/aromatic N) is 4. The molecule has 0 spiro atoms. The summed E-state index contributed by atoms with van der Waals surface area (Å²) >= 11 is 0. The van der Waals surface area contributed by atoms with Crippen LogP contribution in [0.3, 0.4) is 0 Å². The maximum atomic E-state index is 6.60. The molecule has 0 aliphatic heterocycles. The first-order valence-electron chi connectivity index (χ1n) is 16.9. The minimum absolute atomic E-state index is 0. The maximum Gasteiger partial charge on any atom is 0.238 e. The number of fused-ring (bicyclic) bond motifs is 10. The SMILES string of the molecule is [BH4-].c1ccc(-c2nc(-c3ccc4c(c3)oc3cccc(-c5ccccc5)c34)nc(-n3c4ccccc4c4ccc5c6ccccc6oc5c43)n2)cc1. The fraction of sp³-hybridized carbons (Fsp3) is 0. The average Bonchev–Trinajstić information content (AvgIpc) is 3.88. The van der Waals surface area contributed by atoms with E-state index in [9.17, 15) is 0 Å². The molecule has 0 saturated heterocycles. The van der Waals surface area contributed by atoms with E-state index in [0.717, 1.165) is 87.9 Å². The number of aromatic nitrogens is 4. The average molecular weight is 670 g/mol. The van der Waals surface area contributed by atoms with Crippen molar-refractivity contribution in [2.75, 3.05) is 0 Å². The van der Waals surface area contributed by atoms with Crippen LogP contribution in [-0.4, -0.2) is 27.9 Å². The molecule has 0 amide bonds. The van der Waals surface area contributed by atoms with Crippen molar-refractivity contribution in [3.8, 4) is 39.9 Å². The molecular weight excluding hydrogens is 639 g/mol. The predicted octanol–water partition coefficient (Wildman–Crippen LogP) is 10.3. The molecule has 0 atom stereocenters. The van der Waals surface area contributed by atoms with Crippen molar-refractivity contribution in [3.63, 3.8) is 0 Å². The van der Waals surface area contributed by atoms with Gasteiger partial charge >= 0.3 is 0 Å². The summed E-state index contributed by atoms with van der Waals surface area (Å²) in [5.41, 5.74) is 9.16. The molecule has 0 aliphatic carbocycles. The highest BCUT2D eigenvalue weighted by atomic mass is 16.3. The second-order valence-corrected chi connectivity index (χ2v) is 12.8. The summed E-state index contributed by atoms with van der Waals surface area (Å²) in [6.07, 6.45) is 0. The first kappa shape index (κ1) is 29.9. The molecule has 11 aromatic rings. The number of rotatable bonds is 4. The van der Waals surface area contributed by atoms with Crippen molar-refractivity contribution in [1.82, 2.24) is 19.5 Å². The van der Waals surface area contributed by atoms with Crippen molar-refractivity contribution in [3.05, 3.63) is 158 Å². The van der Waals surface area contributed by atoms with Gasteiger partial charge in [0.05, 0.1) is 5.52 Å². The van der Waals surface area contributed by atoms with E-state index in [0.29, 0.717) is 17.6 Å². The molecule has 11 rings (SSSR count). The van der Waals surface area contributed by atoms with Gasteiger partial charge in [-0.1, -0.05) is 130 Å². The smallest absolute Gasteiger partial charge is 0.238 e. The maximum absolute atomic E-state index is 6.60. The van der Waals surface area contributed by atoms with Crippen LogP contribution < -0.4 is 0 Å². The van der Waals surface area contributed by atoms with Crippen LogP contribution >= 0.6 is 0 Å². The van der Waals surface area contributed by atoms with E-state index in [-0.39, 0.29) is 8.41 Å². The zero-order chi connectivity index (χ0) is 33.5. The van der Waals surface area contributed by atoms with Crippen LogP contribution in [0.5, 0.6) is 0 Å². The number of hydrogen-bond acceptors (Lipinski definition) is 5. The summed E-state index contributed by atoms with van der Waals surface area (Å²) in [4.78, 5) is 15.4. The lowest BCUT2D eigenvalue weighted by molar-refractivity contribution is 0.669. The van der Waals surface area contributed by atoms with Crippen LogP contribution in [0.2, 0.25) is 0 Å². The fourth-order valence-corrected chi connectivity index (χ4v) is 7.57. The lowest BCUT2D eigenvalue weighted by Crippen LogP contribution is -2.06. The Labute approximate surface area is 299 Å². The van der Waals surface area contributed by atoms with Gasteiger partial charge in [-0.2, -0.15) is 9.97 Å². The van der Waals surface area contributed by atoms with Crippen molar-refractivity contribution < 1.29 is 8.83 Å². The third-order valence-corrected chi connectivity index (χ3v) is 9.88. The third-order valence-electron chi connectivity index (χ3n) is 9.88. The van der Waals surface area contributed by atoms with Crippen LogP contribution in [0.25, 0.3) is 106 Å². The van der Waals surface area contributed by atoms with Gasteiger partial charge in [0.25, 0.3) is 0 Å². The Morgan fingerprint density at radius 3 is 1.90 bits per heavy atom. The molecule has 4 aromatic heterocycles. The van der Waals surface area contributed by atoms with Gasteiger partial charge in [-0.15, -0.1) is 0 Å². The minimum Gasteiger partial charge on any atom is -0.456 e. The second kappa shape index (κ2) is 11.5. The van der Waals surface area contributed by atoms with E-state index >= 15 is 0 Å². The first-order valence-corrected chi connectivity index (χ1v) is 16.9. The van der Waals surface area contributed by atoms with Crippen molar-refractivity contribution >= 4 is 74.1 Å². The lowest BCUT2D eigenvalue weighted by atomic mass is 9.99. The standard InChI is InChI=1S/C45H26N4O2.BH4/c1-3-12-27(13-4-1)30-18-11-21-38-40(30)35-23-22-29(26-39(35)50-38)44-46-43(28-14-5-2-6-15-28)47-45(48-44)49-36-19-9-7-16-31(36)33-24-25-34-32-17-8-10-20-37(32)51-42(34)41(33)49;/h1-26H;1H4/q;-1. The van der Waals surface area contributed by atoms with Gasteiger partial charge in [0.1, 0.15) is 22.3 Å². The molecule has 0 fully saturated rings. The molecular formula is C45H30BN4O2-. The van der Waals surface area contributed by atoms with E-state index in [4.69, 9.17) is 23.8 Å². The van der Waals surface area contributed by atoms with E-state index in [1.54, 1.807) is 0 Å². The van der Waals surface area contributed by atoms with Crippen LogP contribution in [0, 0.1) is 0 Å². The minimum atomic E-state index is 0. The van der Waals surface area contributed by atoms with Crippen molar-refractivity contribution in [2.24, 2.45) is 0 Å². The van der Waals surface area contributed by atoms with E-state index in [1.165, 1.54) is 0 Å². The largest absolute Gasteiger partial charge is 0.456 e. The normalized spacial score (nSPS) is 11.7. The number of benzene rings is 7. The molecule has 6 nitrogen and oxygen atoms in total. The lowest BCUT2D eigenvalue weighted by Gasteiger charge is -2.11. The Morgan fingerprint density at radius 2 is 1.08 bits per heavy atom. The number of para-hydroxylation sites is 2. The Balaban J connectivity index is 0.00000338. The van der Waals surface area contributed by atoms with Gasteiger partial charge in [0.2, 0.25) is 5.95 Å². The Morgan fingerprint density at radius 1 is 0.423 bits per heavy atom. The zero-order valence-corrected chi connectivity index (χ0v) is 27.1. The molecule has 7 aromatic carbocycles. The third kappa shape index (κ3) is 4.42. The summed E-state index contributed by atoms with van der Waals surface area (Å²) in [5, 5.41) is 6.41. The molecule has 7 heteroatoms. The summed E-state index contributed by atoms with van der Waals surface area (Å²) in [7, 11) is 0. The highest BCUT2D eigenvalue weighted by Gasteiger charge is 2.22. The summed E-state index contributed by atoms with van der Waals surface area (Å²) in [5.74, 6) is 1.63. The Bertz CT molecular complexity index is 3150. The van der Waals surface area contributed by atoms with Gasteiger partial charge in [-0.25, -0.2) is 4.98 Å². The molecule has 0 aliphatic rings. The van der Waals surface area contributed by atoms with Crippen molar-refractivity contribution in [2.45, 2.75) is 0 Å². The quantitative estimate of drug-likeness (QED) is 0.175. The Kier molecular flexibility index (Phi) is 6.63. The molecule has 0 unspecified atom stereocenters. The highest BCUT2D eigenvalue weighted by molar-refractivity contribution is 6.21. The van der Waals surface area contributed by atoms with Crippen molar-refractivity contribution in [1.29, 1.82) is 0 Å². The Hall–Kier alpha value is -6.99. The molecule has 0 bridgehead atoms. The van der Waals surface area contributed by atoms with Gasteiger partial charge in [0, 0.05) is 43.4 Å². The second-order valence-electron chi connectivity index (χ2n) is 12.8. The number of hydrogen-bond donors (Lipinski definition) is 0. The molecule has 0 radical (unpaired) electrons. The van der Waals surface area contributed by atoms with E-state index < -0.39 is 0 Å².